The van der Waals surface area contributed by atoms with E-state index in [1.807, 2.05) is 6.92 Å². The Kier molecular flexibility index (Phi) is 4.52. The first kappa shape index (κ1) is 14.0. The predicted molar refractivity (Wildman–Crippen MR) is 72.6 cm³/mol. The molecule has 0 radical (unpaired) electrons. The molecule has 1 aliphatic rings. The molecule has 1 heterocycles. The van der Waals surface area contributed by atoms with Gasteiger partial charge in [-0.05, 0) is 19.3 Å². The van der Waals surface area contributed by atoms with Crippen molar-refractivity contribution in [2.24, 2.45) is 0 Å². The summed E-state index contributed by atoms with van der Waals surface area (Å²) in [5.74, 6) is -1.12. The number of carbonyl (C=O) groups excluding carboxylic acids is 1. The summed E-state index contributed by atoms with van der Waals surface area (Å²) in [6.45, 7) is 1.92. The number of aromatic carboxylic acids is 1. The molecule has 0 bridgehead atoms. The predicted octanol–water partition coefficient (Wildman–Crippen LogP) is 2.00. The highest BCUT2D eigenvalue weighted by Crippen LogP contribution is 2.21. The summed E-state index contributed by atoms with van der Waals surface area (Å²) in [5.41, 5.74) is 0.393. The van der Waals surface area contributed by atoms with Gasteiger partial charge in [0.25, 0.3) is 0 Å². The Bertz CT molecular complexity index is 478. The summed E-state index contributed by atoms with van der Waals surface area (Å²) in [6.07, 6.45) is 5.11. The molecule has 2 N–H and O–H groups in total. The van der Waals surface area contributed by atoms with Crippen LogP contribution in [-0.4, -0.2) is 28.0 Å². The molecule has 5 nitrogen and oxygen atoms in total. The van der Waals surface area contributed by atoms with Crippen molar-refractivity contribution in [3.63, 3.8) is 0 Å². The normalized spacial score (nSPS) is 15.6. The number of thiazole rings is 1. The second-order valence-electron chi connectivity index (χ2n) is 4.77. The van der Waals surface area contributed by atoms with Gasteiger partial charge in [0, 0.05) is 6.04 Å². The lowest BCUT2D eigenvalue weighted by molar-refractivity contribution is -0.121. The third kappa shape index (κ3) is 3.53. The summed E-state index contributed by atoms with van der Waals surface area (Å²) in [6, 6.07) is 0.255. The van der Waals surface area contributed by atoms with E-state index in [2.05, 4.69) is 10.3 Å². The average Bonchev–Trinajstić information content (AvgIpc) is 2.98. The summed E-state index contributed by atoms with van der Waals surface area (Å²) >= 11 is 1.16. The number of nitrogens with one attached hydrogen (secondary N) is 1. The van der Waals surface area contributed by atoms with E-state index in [4.69, 9.17) is 5.11 Å². The van der Waals surface area contributed by atoms with Gasteiger partial charge < -0.3 is 10.4 Å². The monoisotopic (exact) mass is 282 g/mol. The highest BCUT2D eigenvalue weighted by Gasteiger charge is 2.21. The lowest BCUT2D eigenvalue weighted by atomic mass is 10.2. The van der Waals surface area contributed by atoms with Gasteiger partial charge in [-0.15, -0.1) is 11.3 Å². The van der Waals surface area contributed by atoms with Crippen molar-refractivity contribution in [3.05, 3.63) is 15.6 Å². The molecule has 6 heteroatoms. The number of rotatable bonds is 5. The SMILES string of the molecule is CCc1nc(CC(=O)NC2CCCC2)c(C(=O)O)s1. The van der Waals surface area contributed by atoms with E-state index >= 15 is 0 Å². The van der Waals surface area contributed by atoms with Crippen molar-refractivity contribution in [3.8, 4) is 0 Å². The van der Waals surface area contributed by atoms with Crippen molar-refractivity contribution in [2.45, 2.75) is 51.5 Å². The summed E-state index contributed by atoms with van der Waals surface area (Å²) in [5, 5.41) is 12.8. The summed E-state index contributed by atoms with van der Waals surface area (Å²) in [4.78, 5) is 27.5. The van der Waals surface area contributed by atoms with Gasteiger partial charge in [0.05, 0.1) is 17.1 Å². The van der Waals surface area contributed by atoms with Crippen LogP contribution in [0, 0.1) is 0 Å². The van der Waals surface area contributed by atoms with Gasteiger partial charge in [0.15, 0.2) is 0 Å². The molecule has 0 spiro atoms. The van der Waals surface area contributed by atoms with Gasteiger partial charge in [-0.1, -0.05) is 19.8 Å². The molecule has 19 heavy (non-hydrogen) atoms. The number of aromatic nitrogens is 1. The second kappa shape index (κ2) is 6.14. The number of aryl methyl sites for hydroxylation is 1. The van der Waals surface area contributed by atoms with E-state index < -0.39 is 5.97 Å². The molecular formula is C13H18N2O3S. The van der Waals surface area contributed by atoms with E-state index in [-0.39, 0.29) is 23.2 Å². The van der Waals surface area contributed by atoms with E-state index in [0.29, 0.717) is 12.1 Å². The summed E-state index contributed by atoms with van der Waals surface area (Å²) < 4.78 is 0. The third-order valence-electron chi connectivity index (χ3n) is 3.29. The zero-order chi connectivity index (χ0) is 13.8. The Balaban J connectivity index is 2.02. The fourth-order valence-electron chi connectivity index (χ4n) is 2.34. The second-order valence-corrected chi connectivity index (χ2v) is 5.85. The maximum Gasteiger partial charge on any atom is 0.347 e. The van der Waals surface area contributed by atoms with Crippen LogP contribution in [0.1, 0.15) is 53.0 Å². The molecule has 1 aromatic heterocycles. The molecule has 1 saturated carbocycles. The van der Waals surface area contributed by atoms with Crippen molar-refractivity contribution >= 4 is 23.2 Å². The molecule has 2 rings (SSSR count). The van der Waals surface area contributed by atoms with Crippen LogP contribution >= 0.6 is 11.3 Å². The highest BCUT2D eigenvalue weighted by atomic mass is 32.1. The Labute approximate surface area is 116 Å². The molecule has 1 amide bonds. The van der Waals surface area contributed by atoms with E-state index in [0.717, 1.165) is 42.0 Å². The molecule has 1 aliphatic carbocycles. The summed E-state index contributed by atoms with van der Waals surface area (Å²) in [7, 11) is 0. The van der Waals surface area contributed by atoms with Crippen LogP contribution in [0.25, 0.3) is 0 Å². The van der Waals surface area contributed by atoms with Crippen LogP contribution < -0.4 is 5.32 Å². The maximum absolute atomic E-state index is 11.9. The first-order chi connectivity index (χ1) is 9.10. The van der Waals surface area contributed by atoms with E-state index in [9.17, 15) is 9.59 Å². The molecule has 0 aliphatic heterocycles. The lowest BCUT2D eigenvalue weighted by Crippen LogP contribution is -2.34. The molecule has 0 aromatic carbocycles. The third-order valence-corrected chi connectivity index (χ3v) is 4.52. The molecule has 0 saturated heterocycles. The number of carboxylic acid groups (broad SMARTS) is 1. The number of nitrogens with zero attached hydrogens (tertiary/aromatic N) is 1. The fourth-order valence-corrected chi connectivity index (χ4v) is 3.20. The molecule has 0 unspecified atom stereocenters. The maximum atomic E-state index is 11.9. The molecule has 1 aromatic rings. The number of hydrogen-bond acceptors (Lipinski definition) is 4. The standard InChI is InChI=1S/C13H18N2O3S/c1-2-11-15-9(12(19-11)13(17)18)7-10(16)14-8-5-3-4-6-8/h8H,2-7H2,1H3,(H,14,16)(H,17,18). The Morgan fingerprint density at radius 1 is 1.42 bits per heavy atom. The fraction of sp³-hybridized carbons (Fsp3) is 0.615. The molecular weight excluding hydrogens is 264 g/mol. The zero-order valence-corrected chi connectivity index (χ0v) is 11.8. The van der Waals surface area contributed by atoms with E-state index in [1.54, 1.807) is 0 Å². The number of amides is 1. The van der Waals surface area contributed by atoms with Crippen LogP contribution in [0.2, 0.25) is 0 Å². The zero-order valence-electron chi connectivity index (χ0n) is 10.9. The molecule has 0 atom stereocenters. The van der Waals surface area contributed by atoms with Gasteiger partial charge in [-0.3, -0.25) is 4.79 Å². The van der Waals surface area contributed by atoms with Gasteiger partial charge in [-0.2, -0.15) is 0 Å². The van der Waals surface area contributed by atoms with Crippen LogP contribution in [0.5, 0.6) is 0 Å². The first-order valence-corrected chi connectivity index (χ1v) is 7.43. The lowest BCUT2D eigenvalue weighted by Gasteiger charge is -2.11. The van der Waals surface area contributed by atoms with Gasteiger partial charge in [0.1, 0.15) is 4.88 Å². The minimum absolute atomic E-state index is 0.0641. The van der Waals surface area contributed by atoms with Crippen LogP contribution in [0.3, 0.4) is 0 Å². The van der Waals surface area contributed by atoms with Crippen LogP contribution in [0.15, 0.2) is 0 Å². The number of hydrogen-bond donors (Lipinski definition) is 2. The number of carboxylic acids is 1. The van der Waals surface area contributed by atoms with Crippen LogP contribution in [-0.2, 0) is 17.6 Å². The van der Waals surface area contributed by atoms with Crippen molar-refractivity contribution in [1.29, 1.82) is 0 Å². The minimum Gasteiger partial charge on any atom is -0.477 e. The Morgan fingerprint density at radius 2 is 2.11 bits per heavy atom. The van der Waals surface area contributed by atoms with Crippen LogP contribution in [0.4, 0.5) is 0 Å². The average molecular weight is 282 g/mol. The van der Waals surface area contributed by atoms with Gasteiger partial charge >= 0.3 is 5.97 Å². The highest BCUT2D eigenvalue weighted by molar-refractivity contribution is 7.13. The minimum atomic E-state index is -0.999. The quantitative estimate of drug-likeness (QED) is 0.865. The van der Waals surface area contributed by atoms with Gasteiger partial charge in [-0.25, -0.2) is 9.78 Å². The smallest absolute Gasteiger partial charge is 0.347 e. The van der Waals surface area contributed by atoms with Gasteiger partial charge in [0.2, 0.25) is 5.91 Å². The van der Waals surface area contributed by atoms with Crippen molar-refractivity contribution < 1.29 is 14.7 Å². The molecule has 104 valence electrons. The largest absolute Gasteiger partial charge is 0.477 e. The van der Waals surface area contributed by atoms with E-state index in [1.165, 1.54) is 0 Å². The van der Waals surface area contributed by atoms with Crippen molar-refractivity contribution in [1.82, 2.24) is 10.3 Å². The Morgan fingerprint density at radius 3 is 2.68 bits per heavy atom. The topological polar surface area (TPSA) is 79.3 Å². The van der Waals surface area contributed by atoms with Crippen molar-refractivity contribution in [2.75, 3.05) is 0 Å². The molecule has 1 fully saturated rings. The number of carbonyl (C=O) groups is 2. The Hall–Kier alpha value is -1.43. The first-order valence-electron chi connectivity index (χ1n) is 6.61.